The first-order valence-corrected chi connectivity index (χ1v) is 7.97. The topological polar surface area (TPSA) is 53.7 Å². The summed E-state index contributed by atoms with van der Waals surface area (Å²) in [6, 6.07) is 7.85. The molecule has 4 heteroatoms. The quantitative estimate of drug-likeness (QED) is 0.800. The van der Waals surface area contributed by atoms with Crippen molar-refractivity contribution < 1.29 is 14.2 Å². The molecule has 1 heterocycles. The Bertz CT molecular complexity index is 388. The van der Waals surface area contributed by atoms with Crippen LogP contribution in [0.2, 0.25) is 0 Å². The van der Waals surface area contributed by atoms with E-state index in [1.807, 2.05) is 24.3 Å². The van der Waals surface area contributed by atoms with Gasteiger partial charge in [0.1, 0.15) is 5.75 Å². The zero-order valence-corrected chi connectivity index (χ0v) is 12.9. The molecule has 2 unspecified atom stereocenters. The van der Waals surface area contributed by atoms with Gasteiger partial charge in [-0.25, -0.2) is 0 Å². The van der Waals surface area contributed by atoms with Gasteiger partial charge in [0.25, 0.3) is 0 Å². The molecule has 1 saturated heterocycles. The van der Waals surface area contributed by atoms with Crippen molar-refractivity contribution in [1.82, 2.24) is 0 Å². The van der Waals surface area contributed by atoms with E-state index in [-0.39, 0.29) is 12.1 Å². The number of rotatable bonds is 8. The molecule has 0 spiro atoms. The van der Waals surface area contributed by atoms with Crippen molar-refractivity contribution in [3.63, 3.8) is 0 Å². The van der Waals surface area contributed by atoms with E-state index in [9.17, 15) is 0 Å². The molecule has 1 aromatic rings. The second kappa shape index (κ2) is 9.03. The summed E-state index contributed by atoms with van der Waals surface area (Å²) in [5.74, 6) is 0.893. The standard InChI is InChI=1S/C17H27NO3/c1-2-10-20-15-8-6-14(7-9-15)17(18)13-19-12-16-5-3-4-11-21-16/h6-9,16-17H,2-5,10-13,18H2,1H3. The highest BCUT2D eigenvalue weighted by Crippen LogP contribution is 2.18. The van der Waals surface area contributed by atoms with Crippen LogP contribution >= 0.6 is 0 Å². The number of nitrogens with two attached hydrogens (primary N) is 1. The van der Waals surface area contributed by atoms with E-state index in [1.54, 1.807) is 0 Å². The van der Waals surface area contributed by atoms with E-state index < -0.39 is 0 Å². The molecule has 21 heavy (non-hydrogen) atoms. The molecular formula is C17H27NO3. The number of ether oxygens (including phenoxy) is 3. The van der Waals surface area contributed by atoms with Crippen molar-refractivity contribution in [2.75, 3.05) is 26.4 Å². The summed E-state index contributed by atoms with van der Waals surface area (Å²) in [6.45, 7) is 4.87. The lowest BCUT2D eigenvalue weighted by molar-refractivity contribution is -0.0428. The van der Waals surface area contributed by atoms with Gasteiger partial charge in [-0.1, -0.05) is 19.1 Å². The van der Waals surface area contributed by atoms with Crippen LogP contribution in [0.3, 0.4) is 0 Å². The van der Waals surface area contributed by atoms with Gasteiger partial charge in [-0.2, -0.15) is 0 Å². The van der Waals surface area contributed by atoms with E-state index in [2.05, 4.69) is 6.92 Å². The van der Waals surface area contributed by atoms with Gasteiger partial charge in [0.05, 0.1) is 32.0 Å². The summed E-state index contributed by atoms with van der Waals surface area (Å²) in [6.07, 6.45) is 4.76. The molecule has 0 aliphatic carbocycles. The predicted molar refractivity (Wildman–Crippen MR) is 83.6 cm³/mol. The predicted octanol–water partition coefficient (Wildman–Crippen LogP) is 3.06. The van der Waals surface area contributed by atoms with Crippen molar-refractivity contribution in [2.24, 2.45) is 5.73 Å². The third kappa shape index (κ3) is 5.65. The van der Waals surface area contributed by atoms with Crippen LogP contribution in [0.4, 0.5) is 0 Å². The van der Waals surface area contributed by atoms with Gasteiger partial charge < -0.3 is 19.9 Å². The van der Waals surface area contributed by atoms with Crippen molar-refractivity contribution >= 4 is 0 Å². The Morgan fingerprint density at radius 1 is 1.29 bits per heavy atom. The lowest BCUT2D eigenvalue weighted by Gasteiger charge is -2.23. The van der Waals surface area contributed by atoms with Crippen LogP contribution in [0.1, 0.15) is 44.2 Å². The Kier molecular flexibility index (Phi) is 7.00. The average Bonchev–Trinajstić information content (AvgIpc) is 2.54. The molecule has 1 aliphatic rings. The molecule has 118 valence electrons. The molecule has 1 aliphatic heterocycles. The van der Waals surface area contributed by atoms with Crippen LogP contribution in [-0.4, -0.2) is 32.5 Å². The van der Waals surface area contributed by atoms with E-state index in [1.165, 1.54) is 12.8 Å². The normalized spacial score (nSPS) is 20.2. The third-order valence-electron chi connectivity index (χ3n) is 3.66. The second-order valence-electron chi connectivity index (χ2n) is 5.55. The monoisotopic (exact) mass is 293 g/mol. The van der Waals surface area contributed by atoms with Crippen LogP contribution in [0, 0.1) is 0 Å². The van der Waals surface area contributed by atoms with Crippen LogP contribution in [0.15, 0.2) is 24.3 Å². The van der Waals surface area contributed by atoms with Gasteiger partial charge in [-0.15, -0.1) is 0 Å². The van der Waals surface area contributed by atoms with Gasteiger partial charge in [-0.3, -0.25) is 0 Å². The van der Waals surface area contributed by atoms with Crippen LogP contribution in [0.5, 0.6) is 5.75 Å². The van der Waals surface area contributed by atoms with Crippen molar-refractivity contribution in [1.29, 1.82) is 0 Å². The summed E-state index contributed by atoms with van der Waals surface area (Å²) in [4.78, 5) is 0. The molecule has 0 aromatic heterocycles. The first-order valence-electron chi connectivity index (χ1n) is 7.97. The Morgan fingerprint density at radius 2 is 2.10 bits per heavy atom. The van der Waals surface area contributed by atoms with Gasteiger partial charge in [0.15, 0.2) is 0 Å². The van der Waals surface area contributed by atoms with Crippen molar-refractivity contribution in [3.8, 4) is 5.75 Å². The number of hydrogen-bond acceptors (Lipinski definition) is 4. The second-order valence-corrected chi connectivity index (χ2v) is 5.55. The highest BCUT2D eigenvalue weighted by molar-refractivity contribution is 5.29. The van der Waals surface area contributed by atoms with E-state index in [0.717, 1.165) is 37.4 Å². The maximum atomic E-state index is 6.15. The summed E-state index contributed by atoms with van der Waals surface area (Å²) in [7, 11) is 0. The zero-order valence-electron chi connectivity index (χ0n) is 12.9. The van der Waals surface area contributed by atoms with E-state index >= 15 is 0 Å². The molecule has 2 N–H and O–H groups in total. The summed E-state index contributed by atoms with van der Waals surface area (Å²) >= 11 is 0. The van der Waals surface area contributed by atoms with Crippen LogP contribution < -0.4 is 10.5 Å². The first-order chi connectivity index (χ1) is 10.3. The first kappa shape index (κ1) is 16.3. The van der Waals surface area contributed by atoms with Gasteiger partial charge in [-0.05, 0) is 43.4 Å². The number of hydrogen-bond donors (Lipinski definition) is 1. The Hall–Kier alpha value is -1.10. The maximum absolute atomic E-state index is 6.15. The largest absolute Gasteiger partial charge is 0.494 e. The average molecular weight is 293 g/mol. The lowest BCUT2D eigenvalue weighted by atomic mass is 10.1. The van der Waals surface area contributed by atoms with E-state index in [4.69, 9.17) is 19.9 Å². The lowest BCUT2D eigenvalue weighted by Crippen LogP contribution is -2.26. The minimum absolute atomic E-state index is 0.103. The summed E-state index contributed by atoms with van der Waals surface area (Å²) < 4.78 is 16.9. The Labute approximate surface area is 127 Å². The van der Waals surface area contributed by atoms with Crippen molar-refractivity contribution in [2.45, 2.75) is 44.8 Å². The number of benzene rings is 1. The Morgan fingerprint density at radius 3 is 2.76 bits per heavy atom. The molecule has 0 saturated carbocycles. The van der Waals surface area contributed by atoms with Gasteiger partial charge in [0.2, 0.25) is 0 Å². The highest BCUT2D eigenvalue weighted by atomic mass is 16.5. The molecule has 0 bridgehead atoms. The Balaban J connectivity index is 1.70. The molecular weight excluding hydrogens is 266 g/mol. The third-order valence-corrected chi connectivity index (χ3v) is 3.66. The zero-order chi connectivity index (χ0) is 14.9. The van der Waals surface area contributed by atoms with Gasteiger partial charge >= 0.3 is 0 Å². The molecule has 4 nitrogen and oxygen atoms in total. The molecule has 0 radical (unpaired) electrons. The minimum Gasteiger partial charge on any atom is -0.494 e. The molecule has 2 atom stereocenters. The fourth-order valence-corrected chi connectivity index (χ4v) is 2.39. The molecule has 1 aromatic carbocycles. The fraction of sp³-hybridized carbons (Fsp3) is 0.647. The summed E-state index contributed by atoms with van der Waals surface area (Å²) in [5, 5.41) is 0. The van der Waals surface area contributed by atoms with Gasteiger partial charge in [0, 0.05) is 6.61 Å². The smallest absolute Gasteiger partial charge is 0.119 e. The molecule has 1 fully saturated rings. The minimum atomic E-state index is -0.103. The SMILES string of the molecule is CCCOc1ccc(C(N)COCC2CCCCO2)cc1. The van der Waals surface area contributed by atoms with Crippen LogP contribution in [-0.2, 0) is 9.47 Å². The van der Waals surface area contributed by atoms with Crippen LogP contribution in [0.25, 0.3) is 0 Å². The summed E-state index contributed by atoms with van der Waals surface area (Å²) in [5.41, 5.74) is 7.23. The molecule has 2 rings (SSSR count). The van der Waals surface area contributed by atoms with E-state index in [0.29, 0.717) is 13.2 Å². The highest BCUT2D eigenvalue weighted by Gasteiger charge is 2.14. The van der Waals surface area contributed by atoms with Crippen molar-refractivity contribution in [3.05, 3.63) is 29.8 Å². The fourth-order valence-electron chi connectivity index (χ4n) is 2.39. The maximum Gasteiger partial charge on any atom is 0.119 e. The molecule has 0 amide bonds.